The predicted octanol–water partition coefficient (Wildman–Crippen LogP) is 1.85. The number of nitrogens with zero attached hydrogens (tertiary/aromatic N) is 1. The first kappa shape index (κ1) is 21.7. The van der Waals surface area contributed by atoms with Gasteiger partial charge in [-0.2, -0.15) is 5.10 Å². The normalized spacial score (nSPS) is 11.4. The number of nitrogens with one attached hydrogen (secondary N) is 2. The Bertz CT molecular complexity index is 944. The summed E-state index contributed by atoms with van der Waals surface area (Å²) in [6.07, 6.45) is 3.46. The van der Waals surface area contributed by atoms with Crippen molar-refractivity contribution in [3.05, 3.63) is 48.0 Å². The Kier molecular flexibility index (Phi) is 7.85. The van der Waals surface area contributed by atoms with Gasteiger partial charge in [-0.25, -0.2) is 18.6 Å². The highest BCUT2D eigenvalue weighted by Crippen LogP contribution is 2.29. The van der Waals surface area contributed by atoms with Crippen LogP contribution in [0.3, 0.4) is 0 Å². The van der Waals surface area contributed by atoms with Gasteiger partial charge in [-0.05, 0) is 36.1 Å². The standard InChI is InChI=1S/C18H21N3O5S2/c1-25-16-9-8-15(10-17(16)26-2)28(23,24)20-12-18(22)21-19-11-13-4-6-14(27-3)7-5-13/h4-11,20H,12H2,1-3H3,(H,21,22)/b19-11-. The summed E-state index contributed by atoms with van der Waals surface area (Å²) in [6.45, 7) is -0.459. The van der Waals surface area contributed by atoms with Gasteiger partial charge in [-0.1, -0.05) is 12.1 Å². The first-order chi connectivity index (χ1) is 13.4. The SMILES string of the molecule is COc1ccc(S(=O)(=O)NCC(=O)N/N=C\c2ccc(SC)cc2)cc1OC. The van der Waals surface area contributed by atoms with Gasteiger partial charge >= 0.3 is 0 Å². The molecular weight excluding hydrogens is 402 g/mol. The number of amides is 1. The highest BCUT2D eigenvalue weighted by molar-refractivity contribution is 7.98. The average molecular weight is 424 g/mol. The Labute approximate surface area is 168 Å². The number of methoxy groups -OCH3 is 2. The van der Waals surface area contributed by atoms with Crippen LogP contribution < -0.4 is 19.6 Å². The molecule has 2 rings (SSSR count). The van der Waals surface area contributed by atoms with E-state index in [1.165, 1.54) is 38.6 Å². The summed E-state index contributed by atoms with van der Waals surface area (Å²) < 4.78 is 37.0. The molecule has 0 fully saturated rings. The van der Waals surface area contributed by atoms with Crippen molar-refractivity contribution in [2.75, 3.05) is 27.0 Å². The zero-order valence-electron chi connectivity index (χ0n) is 15.6. The monoisotopic (exact) mass is 423 g/mol. The van der Waals surface area contributed by atoms with Crippen LogP contribution in [-0.4, -0.2) is 47.6 Å². The van der Waals surface area contributed by atoms with Crippen molar-refractivity contribution in [3.63, 3.8) is 0 Å². The van der Waals surface area contributed by atoms with Crippen molar-refractivity contribution in [3.8, 4) is 11.5 Å². The fourth-order valence-corrected chi connectivity index (χ4v) is 3.54. The second-order valence-electron chi connectivity index (χ2n) is 5.41. The number of rotatable bonds is 9. The molecule has 0 unspecified atom stereocenters. The molecule has 0 heterocycles. The summed E-state index contributed by atoms with van der Waals surface area (Å²) in [6, 6.07) is 11.7. The van der Waals surface area contributed by atoms with Crippen LogP contribution in [0.5, 0.6) is 11.5 Å². The van der Waals surface area contributed by atoms with Gasteiger partial charge < -0.3 is 9.47 Å². The number of hydrogen-bond donors (Lipinski definition) is 2. The van der Waals surface area contributed by atoms with Gasteiger partial charge in [-0.15, -0.1) is 11.8 Å². The molecule has 2 aromatic rings. The molecule has 0 aliphatic heterocycles. The Hall–Kier alpha value is -2.56. The van der Waals surface area contributed by atoms with E-state index in [4.69, 9.17) is 9.47 Å². The first-order valence-corrected chi connectivity index (χ1v) is 10.8. The Morgan fingerprint density at radius 3 is 2.39 bits per heavy atom. The van der Waals surface area contributed by atoms with Crippen LogP contribution in [0, 0.1) is 0 Å². The third-order valence-electron chi connectivity index (χ3n) is 3.61. The molecule has 10 heteroatoms. The van der Waals surface area contributed by atoms with Crippen molar-refractivity contribution in [1.29, 1.82) is 0 Å². The molecule has 0 saturated carbocycles. The highest BCUT2D eigenvalue weighted by Gasteiger charge is 2.18. The van der Waals surface area contributed by atoms with Crippen molar-refractivity contribution in [2.24, 2.45) is 5.10 Å². The van der Waals surface area contributed by atoms with E-state index in [9.17, 15) is 13.2 Å². The lowest BCUT2D eigenvalue weighted by molar-refractivity contribution is -0.119. The fourth-order valence-electron chi connectivity index (χ4n) is 2.14. The number of sulfonamides is 1. The van der Waals surface area contributed by atoms with Crippen molar-refractivity contribution in [1.82, 2.24) is 10.1 Å². The number of thioether (sulfide) groups is 1. The van der Waals surface area contributed by atoms with Gasteiger partial charge in [0.25, 0.3) is 5.91 Å². The average Bonchev–Trinajstić information content (AvgIpc) is 2.72. The molecule has 0 aliphatic carbocycles. The van der Waals surface area contributed by atoms with Crippen LogP contribution in [0.2, 0.25) is 0 Å². The van der Waals surface area contributed by atoms with E-state index in [1.54, 1.807) is 11.8 Å². The minimum atomic E-state index is -3.90. The van der Waals surface area contributed by atoms with E-state index in [1.807, 2.05) is 30.5 Å². The van der Waals surface area contributed by atoms with Gasteiger partial charge in [-0.3, -0.25) is 4.79 Å². The number of carbonyl (C=O) groups is 1. The lowest BCUT2D eigenvalue weighted by Crippen LogP contribution is -2.34. The van der Waals surface area contributed by atoms with E-state index in [0.29, 0.717) is 5.75 Å². The van der Waals surface area contributed by atoms with Crippen molar-refractivity contribution < 1.29 is 22.7 Å². The van der Waals surface area contributed by atoms with E-state index in [0.717, 1.165) is 10.5 Å². The lowest BCUT2D eigenvalue weighted by atomic mass is 10.2. The molecule has 0 radical (unpaired) electrons. The first-order valence-electron chi connectivity index (χ1n) is 8.07. The molecule has 150 valence electrons. The van der Waals surface area contributed by atoms with E-state index in [-0.39, 0.29) is 10.6 Å². The van der Waals surface area contributed by atoms with E-state index >= 15 is 0 Å². The Balaban J connectivity index is 1.92. The van der Waals surface area contributed by atoms with Crippen LogP contribution in [0.4, 0.5) is 0 Å². The van der Waals surface area contributed by atoms with Gasteiger partial charge in [0.2, 0.25) is 10.0 Å². The molecule has 0 aromatic heterocycles. The fraction of sp³-hybridized carbons (Fsp3) is 0.222. The summed E-state index contributed by atoms with van der Waals surface area (Å²) in [5.41, 5.74) is 3.09. The number of benzene rings is 2. The molecular formula is C18H21N3O5S2. The lowest BCUT2D eigenvalue weighted by Gasteiger charge is -2.10. The Morgan fingerprint density at radius 1 is 1.11 bits per heavy atom. The molecule has 2 aromatic carbocycles. The van der Waals surface area contributed by atoms with Crippen LogP contribution in [0.25, 0.3) is 0 Å². The topological polar surface area (TPSA) is 106 Å². The van der Waals surface area contributed by atoms with Gasteiger partial charge in [0.15, 0.2) is 11.5 Å². The number of hydrogen-bond acceptors (Lipinski definition) is 7. The Morgan fingerprint density at radius 2 is 1.79 bits per heavy atom. The smallest absolute Gasteiger partial charge is 0.255 e. The predicted molar refractivity (Wildman–Crippen MR) is 109 cm³/mol. The summed E-state index contributed by atoms with van der Waals surface area (Å²) in [5.74, 6) is 0.0760. The van der Waals surface area contributed by atoms with Crippen LogP contribution >= 0.6 is 11.8 Å². The maximum absolute atomic E-state index is 12.3. The summed E-state index contributed by atoms with van der Waals surface area (Å²) in [4.78, 5) is 12.9. The van der Waals surface area contributed by atoms with Gasteiger partial charge in [0, 0.05) is 11.0 Å². The third kappa shape index (κ3) is 5.98. The third-order valence-corrected chi connectivity index (χ3v) is 5.75. The van der Waals surface area contributed by atoms with E-state index < -0.39 is 22.5 Å². The zero-order chi connectivity index (χ0) is 20.6. The molecule has 0 saturated heterocycles. The quantitative estimate of drug-likeness (QED) is 0.362. The second-order valence-corrected chi connectivity index (χ2v) is 8.05. The number of ether oxygens (including phenoxy) is 2. The summed E-state index contributed by atoms with van der Waals surface area (Å²) >= 11 is 1.62. The van der Waals surface area contributed by atoms with Crippen molar-refractivity contribution in [2.45, 2.75) is 9.79 Å². The molecule has 1 amide bonds. The van der Waals surface area contributed by atoms with E-state index in [2.05, 4.69) is 15.2 Å². The molecule has 0 bridgehead atoms. The second kappa shape index (κ2) is 10.1. The molecule has 28 heavy (non-hydrogen) atoms. The zero-order valence-corrected chi connectivity index (χ0v) is 17.3. The molecule has 8 nitrogen and oxygen atoms in total. The summed E-state index contributed by atoms with van der Waals surface area (Å²) in [5, 5.41) is 3.82. The minimum Gasteiger partial charge on any atom is -0.493 e. The maximum atomic E-state index is 12.3. The molecule has 0 aliphatic rings. The minimum absolute atomic E-state index is 0.0460. The molecule has 2 N–H and O–H groups in total. The van der Waals surface area contributed by atoms with Crippen LogP contribution in [0.1, 0.15) is 5.56 Å². The maximum Gasteiger partial charge on any atom is 0.255 e. The molecule has 0 atom stereocenters. The van der Waals surface area contributed by atoms with Gasteiger partial charge in [0.1, 0.15) is 0 Å². The largest absolute Gasteiger partial charge is 0.493 e. The number of hydrazone groups is 1. The van der Waals surface area contributed by atoms with Crippen LogP contribution in [-0.2, 0) is 14.8 Å². The summed E-state index contributed by atoms with van der Waals surface area (Å²) in [7, 11) is -1.04. The van der Waals surface area contributed by atoms with Crippen LogP contribution in [0.15, 0.2) is 57.4 Å². The van der Waals surface area contributed by atoms with Crippen molar-refractivity contribution >= 4 is 33.9 Å². The molecule has 0 spiro atoms. The number of carbonyl (C=O) groups excluding carboxylic acids is 1. The highest BCUT2D eigenvalue weighted by atomic mass is 32.2. The van der Waals surface area contributed by atoms with Gasteiger partial charge in [0.05, 0.1) is 31.9 Å².